The number of aromatic nitrogens is 2. The second-order valence-electron chi connectivity index (χ2n) is 9.77. The molecular weight excluding hydrogens is 552 g/mol. The van der Waals surface area contributed by atoms with Crippen LogP contribution in [-0.4, -0.2) is 55.8 Å². The van der Waals surface area contributed by atoms with Gasteiger partial charge in [-0.1, -0.05) is 17.7 Å². The Hall–Kier alpha value is -3.74. The van der Waals surface area contributed by atoms with Crippen LogP contribution in [0.4, 0.5) is 5.00 Å². The molecule has 0 unspecified atom stereocenters. The van der Waals surface area contributed by atoms with E-state index in [1.54, 1.807) is 65.9 Å². The number of amides is 1. The molecule has 1 saturated heterocycles. The molecule has 2 aromatic heterocycles. The third-order valence-corrected chi connectivity index (χ3v) is 9.31. The Bertz CT molecular complexity index is 1690. The minimum absolute atomic E-state index is 0.0814. The number of hydrogen-bond donors (Lipinski definition) is 1. The molecule has 10 nitrogen and oxygen atoms in total. The van der Waals surface area contributed by atoms with Gasteiger partial charge in [-0.05, 0) is 68.5 Å². The van der Waals surface area contributed by atoms with E-state index in [4.69, 9.17) is 14.7 Å². The second kappa shape index (κ2) is 11.4. The number of rotatable bonds is 8. The van der Waals surface area contributed by atoms with E-state index >= 15 is 0 Å². The van der Waals surface area contributed by atoms with Crippen molar-refractivity contribution in [2.45, 2.75) is 31.1 Å². The van der Waals surface area contributed by atoms with Gasteiger partial charge >= 0.3 is 0 Å². The maximum absolute atomic E-state index is 13.6. The van der Waals surface area contributed by atoms with Crippen molar-refractivity contribution in [3.8, 4) is 11.4 Å². The summed E-state index contributed by atoms with van der Waals surface area (Å²) in [7, 11) is -2.25. The molecule has 12 heteroatoms. The fraction of sp³-hybridized carbons (Fsp3) is 0.321. The second-order valence-corrected chi connectivity index (χ2v) is 12.3. The topological polar surface area (TPSA) is 134 Å². The van der Waals surface area contributed by atoms with Gasteiger partial charge in [0, 0.05) is 23.9 Å². The summed E-state index contributed by atoms with van der Waals surface area (Å²) >= 11 is 1.20. The van der Waals surface area contributed by atoms with Crippen LogP contribution in [-0.2, 0) is 14.3 Å². The average molecular weight is 583 g/mol. The maximum Gasteiger partial charge on any atom is 0.296 e. The molecule has 1 aliphatic heterocycles. The minimum Gasteiger partial charge on any atom is -0.497 e. The van der Waals surface area contributed by atoms with Gasteiger partial charge in [-0.2, -0.15) is 18.2 Å². The van der Waals surface area contributed by atoms with Crippen molar-refractivity contribution >= 4 is 43.1 Å². The molecule has 210 valence electrons. The van der Waals surface area contributed by atoms with Crippen molar-refractivity contribution in [3.63, 3.8) is 0 Å². The number of hydrogen-bond acceptors (Lipinski definition) is 9. The lowest BCUT2D eigenvalue weighted by molar-refractivity contribution is 0.0675. The molecule has 0 saturated carbocycles. The van der Waals surface area contributed by atoms with Crippen molar-refractivity contribution in [2.75, 3.05) is 32.5 Å². The SMILES string of the molecule is COc1ccc(-n2nc(C(=O)N3CCC(CCOS(=O)(=O)c4ccc(C)cc4)CC3)c3csc(N)c3c2=O)cc1. The summed E-state index contributed by atoms with van der Waals surface area (Å²) in [5, 5.41) is 7.23. The van der Waals surface area contributed by atoms with Gasteiger partial charge in [0.15, 0.2) is 5.69 Å². The highest BCUT2D eigenvalue weighted by atomic mass is 32.2. The molecule has 0 spiro atoms. The number of methoxy groups -OCH3 is 1. The van der Waals surface area contributed by atoms with Crippen molar-refractivity contribution in [3.05, 3.63) is 75.5 Å². The highest BCUT2D eigenvalue weighted by Crippen LogP contribution is 2.30. The summed E-state index contributed by atoms with van der Waals surface area (Å²) in [4.78, 5) is 28.8. The fourth-order valence-electron chi connectivity index (χ4n) is 4.80. The van der Waals surface area contributed by atoms with Crippen LogP contribution in [0.5, 0.6) is 5.75 Å². The number of fused-ring (bicyclic) bond motifs is 1. The van der Waals surface area contributed by atoms with Gasteiger partial charge < -0.3 is 15.4 Å². The normalized spacial score (nSPS) is 14.5. The van der Waals surface area contributed by atoms with Crippen LogP contribution in [0.25, 0.3) is 16.5 Å². The number of nitrogens with two attached hydrogens (primary N) is 1. The Balaban J connectivity index is 1.27. The molecule has 2 aromatic carbocycles. The molecule has 1 fully saturated rings. The number of thiophene rings is 1. The number of carbonyl (C=O) groups is 1. The summed E-state index contributed by atoms with van der Waals surface area (Å²) < 4.78 is 36.6. The fourth-order valence-corrected chi connectivity index (χ4v) is 6.51. The van der Waals surface area contributed by atoms with Crippen molar-refractivity contribution in [2.24, 2.45) is 5.92 Å². The third kappa shape index (κ3) is 5.60. The standard InChI is InChI=1S/C28H30N4O6S2/c1-18-3-9-22(10-4-18)40(35,36)38-16-13-19-11-14-31(15-12-19)28(34)25-23-17-39-26(29)24(23)27(33)32(30-25)20-5-7-21(37-2)8-6-20/h3-10,17,19H,11-16,29H2,1-2H3. The Kier molecular flexibility index (Phi) is 7.92. The van der Waals surface area contributed by atoms with Crippen LogP contribution in [0.15, 0.2) is 63.6 Å². The van der Waals surface area contributed by atoms with Crippen LogP contribution in [0, 0.1) is 12.8 Å². The van der Waals surface area contributed by atoms with Gasteiger partial charge in [0.05, 0.1) is 34.7 Å². The number of aryl methyl sites for hydroxylation is 1. The highest BCUT2D eigenvalue weighted by molar-refractivity contribution is 7.86. The zero-order valence-corrected chi connectivity index (χ0v) is 23.8. The summed E-state index contributed by atoms with van der Waals surface area (Å²) in [5.74, 6) is 0.572. The summed E-state index contributed by atoms with van der Waals surface area (Å²) in [6.07, 6.45) is 1.97. The van der Waals surface area contributed by atoms with Crippen LogP contribution < -0.4 is 16.0 Å². The van der Waals surface area contributed by atoms with E-state index in [1.807, 2.05) is 6.92 Å². The first-order valence-electron chi connectivity index (χ1n) is 12.9. The highest BCUT2D eigenvalue weighted by Gasteiger charge is 2.28. The van der Waals surface area contributed by atoms with Gasteiger partial charge in [0.1, 0.15) is 5.75 Å². The van der Waals surface area contributed by atoms with E-state index in [0.29, 0.717) is 54.2 Å². The Morgan fingerprint density at radius 3 is 2.42 bits per heavy atom. The zero-order chi connectivity index (χ0) is 28.4. The molecule has 1 aliphatic rings. The Morgan fingerprint density at radius 2 is 1.77 bits per heavy atom. The maximum atomic E-state index is 13.6. The molecule has 0 atom stereocenters. The number of ether oxygens (including phenoxy) is 1. The van der Waals surface area contributed by atoms with E-state index in [2.05, 4.69) is 5.10 Å². The molecule has 3 heterocycles. The van der Waals surface area contributed by atoms with Gasteiger partial charge in [0.2, 0.25) is 0 Å². The minimum atomic E-state index is -3.81. The first kappa shape index (κ1) is 27.8. The monoisotopic (exact) mass is 582 g/mol. The molecule has 2 N–H and O–H groups in total. The number of piperidine rings is 1. The van der Waals surface area contributed by atoms with E-state index in [1.165, 1.54) is 16.0 Å². The predicted octanol–water partition coefficient (Wildman–Crippen LogP) is 3.99. The quantitative estimate of drug-likeness (QED) is 0.308. The van der Waals surface area contributed by atoms with Crippen LogP contribution >= 0.6 is 11.3 Å². The van der Waals surface area contributed by atoms with Crippen molar-refractivity contribution in [1.29, 1.82) is 0 Å². The van der Waals surface area contributed by atoms with Crippen molar-refractivity contribution in [1.82, 2.24) is 14.7 Å². The van der Waals surface area contributed by atoms with Crippen LogP contribution in [0.3, 0.4) is 0 Å². The molecule has 0 radical (unpaired) electrons. The Morgan fingerprint density at radius 1 is 1.10 bits per heavy atom. The number of nitrogens with zero attached hydrogens (tertiary/aromatic N) is 3. The molecule has 40 heavy (non-hydrogen) atoms. The lowest BCUT2D eigenvalue weighted by Crippen LogP contribution is -2.40. The van der Waals surface area contributed by atoms with Gasteiger partial charge in [0.25, 0.3) is 21.6 Å². The van der Waals surface area contributed by atoms with Gasteiger partial charge in [-0.15, -0.1) is 11.3 Å². The molecule has 1 amide bonds. The van der Waals surface area contributed by atoms with E-state index in [0.717, 1.165) is 5.56 Å². The molecule has 0 aliphatic carbocycles. The number of likely N-dealkylation sites (tertiary alicyclic amines) is 1. The smallest absolute Gasteiger partial charge is 0.296 e. The zero-order valence-electron chi connectivity index (χ0n) is 22.2. The lowest BCUT2D eigenvalue weighted by atomic mass is 9.94. The Labute approximate surface area is 236 Å². The largest absolute Gasteiger partial charge is 0.497 e. The molecule has 4 aromatic rings. The van der Waals surface area contributed by atoms with Gasteiger partial charge in [-0.25, -0.2) is 0 Å². The third-order valence-electron chi connectivity index (χ3n) is 7.18. The van der Waals surface area contributed by atoms with Crippen LogP contribution in [0.1, 0.15) is 35.3 Å². The van der Waals surface area contributed by atoms with Crippen LogP contribution in [0.2, 0.25) is 0 Å². The lowest BCUT2D eigenvalue weighted by Gasteiger charge is -2.32. The molecule has 0 bridgehead atoms. The number of nitrogen functional groups attached to an aromatic ring is 1. The van der Waals surface area contributed by atoms with E-state index in [9.17, 15) is 18.0 Å². The molecule has 5 rings (SSSR count). The summed E-state index contributed by atoms with van der Waals surface area (Å²) in [6.45, 7) is 2.94. The first-order valence-corrected chi connectivity index (χ1v) is 15.2. The first-order chi connectivity index (χ1) is 19.2. The summed E-state index contributed by atoms with van der Waals surface area (Å²) in [5.41, 5.74) is 7.37. The predicted molar refractivity (Wildman–Crippen MR) is 154 cm³/mol. The number of carbonyl (C=O) groups excluding carboxylic acids is 1. The van der Waals surface area contributed by atoms with Crippen molar-refractivity contribution < 1.29 is 22.1 Å². The number of benzene rings is 2. The average Bonchev–Trinajstić information content (AvgIpc) is 3.35. The molecular formula is C28H30N4O6S2. The van der Waals surface area contributed by atoms with E-state index < -0.39 is 15.7 Å². The summed E-state index contributed by atoms with van der Waals surface area (Å²) in [6, 6.07) is 13.4. The van der Waals surface area contributed by atoms with E-state index in [-0.39, 0.29) is 34.4 Å². The van der Waals surface area contributed by atoms with Gasteiger partial charge in [-0.3, -0.25) is 13.8 Å². The number of anilines is 1.